The zero-order valence-electron chi connectivity index (χ0n) is 21.0. The number of nitrogens with two attached hydrogens (primary N) is 1. The molecule has 5 N–H and O–H groups in total. The molecule has 0 aromatic heterocycles. The Bertz CT molecular complexity index is 750. The second-order valence-corrected chi connectivity index (χ2v) is 12.0. The number of hydrazone groups is 1. The van der Waals surface area contributed by atoms with Gasteiger partial charge in [-0.05, 0) is 95.1 Å². The Balaban J connectivity index is 0.00000306. The van der Waals surface area contributed by atoms with E-state index in [0.29, 0.717) is 24.3 Å². The molecule has 0 saturated heterocycles. The summed E-state index contributed by atoms with van der Waals surface area (Å²) in [6.45, 7) is 6.10. The van der Waals surface area contributed by atoms with Crippen molar-refractivity contribution in [2.45, 2.75) is 83.3 Å². The van der Waals surface area contributed by atoms with Gasteiger partial charge in [0.25, 0.3) is 0 Å². The molecule has 8 atom stereocenters. The third kappa shape index (κ3) is 4.58. The molecule has 3 unspecified atom stereocenters. The van der Waals surface area contributed by atoms with Crippen molar-refractivity contribution in [2.75, 3.05) is 27.2 Å². The molecule has 0 amide bonds. The summed E-state index contributed by atoms with van der Waals surface area (Å²) in [5, 5.41) is 36.6. The van der Waals surface area contributed by atoms with Gasteiger partial charge in [0, 0.05) is 24.1 Å². The summed E-state index contributed by atoms with van der Waals surface area (Å²) in [6.07, 6.45) is 11.0. The third-order valence-electron chi connectivity index (χ3n) is 10.3. The molecule has 0 aromatic rings. The van der Waals surface area contributed by atoms with E-state index >= 15 is 0 Å². The van der Waals surface area contributed by atoms with Crippen LogP contribution in [0.2, 0.25) is 0 Å². The molecule has 0 heterocycles. The fourth-order valence-corrected chi connectivity index (χ4v) is 8.18. The molecule has 4 saturated carbocycles. The topological polar surface area (TPSA) is 109 Å². The molecule has 8 heteroatoms. The monoisotopic (exact) mass is 575 g/mol. The molecule has 4 aliphatic carbocycles. The zero-order chi connectivity index (χ0) is 23.3. The van der Waals surface area contributed by atoms with Crippen molar-refractivity contribution in [1.82, 2.24) is 9.91 Å². The Labute approximate surface area is 217 Å². The number of likely N-dealkylation sites (N-methyl/N-ethyl adjacent to an activating group) is 1. The predicted molar refractivity (Wildman–Crippen MR) is 144 cm³/mol. The number of hydrogen-bond donors (Lipinski definition) is 4. The Morgan fingerprint density at radius 2 is 1.79 bits per heavy atom. The molecule has 190 valence electrons. The highest BCUT2D eigenvalue weighted by molar-refractivity contribution is 14.0. The number of nitrogens with one attached hydrogen (secondary N) is 1. The molecule has 4 aliphatic rings. The van der Waals surface area contributed by atoms with Gasteiger partial charge in [-0.25, -0.2) is 5.01 Å². The molecule has 4 fully saturated rings. The van der Waals surface area contributed by atoms with Gasteiger partial charge in [0.1, 0.15) is 0 Å². The van der Waals surface area contributed by atoms with E-state index in [4.69, 9.17) is 11.1 Å². The lowest BCUT2D eigenvalue weighted by molar-refractivity contribution is -0.206. The summed E-state index contributed by atoms with van der Waals surface area (Å²) < 4.78 is 0. The van der Waals surface area contributed by atoms with Crippen LogP contribution in [-0.2, 0) is 0 Å². The Morgan fingerprint density at radius 3 is 2.45 bits per heavy atom. The summed E-state index contributed by atoms with van der Waals surface area (Å²) in [7, 11) is 4.00. The lowest BCUT2D eigenvalue weighted by Crippen LogP contribution is -2.62. The van der Waals surface area contributed by atoms with Crippen LogP contribution in [0, 0.1) is 39.9 Å². The molecular weight excluding hydrogens is 529 g/mol. The van der Waals surface area contributed by atoms with Crippen molar-refractivity contribution in [1.29, 1.82) is 5.41 Å². The molecule has 7 nitrogen and oxygen atoms in total. The van der Waals surface area contributed by atoms with Gasteiger partial charge >= 0.3 is 0 Å². The van der Waals surface area contributed by atoms with Gasteiger partial charge in [0.05, 0.1) is 18.2 Å². The van der Waals surface area contributed by atoms with E-state index in [1.807, 2.05) is 20.3 Å². The number of rotatable bonds is 5. The van der Waals surface area contributed by atoms with Crippen molar-refractivity contribution in [3.05, 3.63) is 0 Å². The minimum absolute atomic E-state index is 0. The van der Waals surface area contributed by atoms with Gasteiger partial charge in [0.15, 0.2) is 0 Å². The summed E-state index contributed by atoms with van der Waals surface area (Å²) in [5.74, 6) is 1.66. The maximum atomic E-state index is 12.2. The van der Waals surface area contributed by atoms with Crippen molar-refractivity contribution in [3.8, 4) is 0 Å². The number of fused-ring (bicyclic) bond motifs is 5. The highest BCUT2D eigenvalue weighted by Gasteiger charge is 2.66. The molecule has 0 spiro atoms. The van der Waals surface area contributed by atoms with E-state index in [1.54, 1.807) is 5.01 Å². The van der Waals surface area contributed by atoms with Gasteiger partial charge in [-0.1, -0.05) is 13.8 Å². The first-order valence-electron chi connectivity index (χ1n) is 12.7. The second kappa shape index (κ2) is 9.90. The number of nitrogens with zero attached hydrogens (tertiary/aromatic N) is 3. The maximum absolute atomic E-state index is 12.2. The average molecular weight is 576 g/mol. The fraction of sp³-hybridized carbons (Fsp3) is 0.920. The van der Waals surface area contributed by atoms with E-state index in [0.717, 1.165) is 64.3 Å². The Morgan fingerprint density at radius 1 is 1.06 bits per heavy atom. The number of halogens is 1. The van der Waals surface area contributed by atoms with Crippen molar-refractivity contribution >= 4 is 36.2 Å². The van der Waals surface area contributed by atoms with E-state index in [2.05, 4.69) is 23.8 Å². The highest BCUT2D eigenvalue weighted by atomic mass is 127. The minimum atomic E-state index is -0.651. The summed E-state index contributed by atoms with van der Waals surface area (Å²) in [6, 6.07) is 0. The molecular formula is C25H46IN5O2. The van der Waals surface area contributed by atoms with E-state index in [-0.39, 0.29) is 52.8 Å². The van der Waals surface area contributed by atoms with E-state index < -0.39 is 5.60 Å². The molecule has 0 aliphatic heterocycles. The quantitative estimate of drug-likeness (QED) is 0.174. The predicted octanol–water partition coefficient (Wildman–Crippen LogP) is 3.48. The van der Waals surface area contributed by atoms with Crippen LogP contribution in [0.15, 0.2) is 5.10 Å². The van der Waals surface area contributed by atoms with Crippen LogP contribution in [0.5, 0.6) is 0 Å². The van der Waals surface area contributed by atoms with Crippen LogP contribution in [0.25, 0.3) is 0 Å². The van der Waals surface area contributed by atoms with Gasteiger partial charge in [0.2, 0.25) is 5.96 Å². The minimum Gasteiger partial charge on any atom is -0.393 e. The van der Waals surface area contributed by atoms with Gasteiger partial charge < -0.3 is 20.8 Å². The van der Waals surface area contributed by atoms with E-state index in [9.17, 15) is 10.2 Å². The van der Waals surface area contributed by atoms with Gasteiger partial charge in [-0.15, -0.1) is 24.0 Å². The smallest absolute Gasteiger partial charge is 0.209 e. The maximum Gasteiger partial charge on any atom is 0.209 e. The Kier molecular flexibility index (Phi) is 8.14. The Hall–Kier alpha value is -0.450. The number of hydrogen-bond acceptors (Lipinski definition) is 5. The summed E-state index contributed by atoms with van der Waals surface area (Å²) in [5.41, 5.74) is 5.20. The molecule has 0 radical (unpaired) electrons. The number of guanidine groups is 1. The zero-order valence-corrected chi connectivity index (χ0v) is 23.3. The fourth-order valence-electron chi connectivity index (χ4n) is 8.18. The lowest BCUT2D eigenvalue weighted by Gasteiger charge is -2.63. The van der Waals surface area contributed by atoms with Crippen molar-refractivity contribution in [3.63, 3.8) is 0 Å². The molecule has 4 rings (SSSR count). The van der Waals surface area contributed by atoms with Crippen LogP contribution in [-0.4, -0.2) is 71.2 Å². The molecule has 0 bridgehead atoms. The van der Waals surface area contributed by atoms with Gasteiger partial charge in [-0.2, -0.15) is 5.10 Å². The van der Waals surface area contributed by atoms with Crippen LogP contribution in [0.1, 0.15) is 71.6 Å². The SMILES string of the molecule is CN(C)CCN(/N=C/C1CC[C@@]2(O)[C@@H]3CCC4CC(O)CC[C@]4(C)[C@@H]3CC[C@]12C)C(=N)N.I. The number of aliphatic hydroxyl groups excluding tert-OH is 1. The highest BCUT2D eigenvalue weighted by Crippen LogP contribution is 2.68. The lowest BCUT2D eigenvalue weighted by atomic mass is 9.43. The first-order chi connectivity index (χ1) is 15.0. The standard InChI is InChI=1S/C25H45N5O2.HI/c1-23-10-8-19(31)15-17(23)5-6-21-20(23)9-11-24(2)18(7-12-25(21,24)32)16-28-30(22(26)27)14-13-29(3)4;/h16-21,31-32H,5-15H2,1-4H3,(H3,26,27);1H/b28-16+;/t17?,18?,19?,20-,21-,23+,24-,25-;/m1./s1. The van der Waals surface area contributed by atoms with Crippen LogP contribution in [0.3, 0.4) is 0 Å². The summed E-state index contributed by atoms with van der Waals surface area (Å²) >= 11 is 0. The normalized spacial score (nSPS) is 44.6. The molecule has 0 aromatic carbocycles. The van der Waals surface area contributed by atoms with Crippen LogP contribution in [0.4, 0.5) is 0 Å². The average Bonchev–Trinajstić information content (AvgIpc) is 2.99. The van der Waals surface area contributed by atoms with Crippen molar-refractivity contribution < 1.29 is 10.2 Å². The number of aliphatic hydroxyl groups is 2. The van der Waals surface area contributed by atoms with Crippen LogP contribution >= 0.6 is 24.0 Å². The molecule has 33 heavy (non-hydrogen) atoms. The summed E-state index contributed by atoms with van der Waals surface area (Å²) in [4.78, 5) is 2.06. The first-order valence-corrected chi connectivity index (χ1v) is 12.7. The van der Waals surface area contributed by atoms with E-state index in [1.165, 1.54) is 0 Å². The van der Waals surface area contributed by atoms with Gasteiger partial charge in [-0.3, -0.25) is 5.41 Å². The van der Waals surface area contributed by atoms with Crippen molar-refractivity contribution in [2.24, 2.45) is 45.3 Å². The van der Waals surface area contributed by atoms with Crippen LogP contribution < -0.4 is 5.73 Å². The third-order valence-corrected chi connectivity index (χ3v) is 10.3. The largest absolute Gasteiger partial charge is 0.393 e. The first kappa shape index (κ1) is 27.1. The second-order valence-electron chi connectivity index (χ2n) is 12.0.